The number of nitrogens with zero attached hydrogens (tertiary/aromatic N) is 1. The van der Waals surface area contributed by atoms with Gasteiger partial charge < -0.3 is 10.6 Å². The van der Waals surface area contributed by atoms with Crippen LogP contribution in [0.2, 0.25) is 0 Å². The Hall–Kier alpha value is -0.640. The number of pyridine rings is 1. The molecule has 1 aromatic rings. The van der Waals surface area contributed by atoms with Crippen LogP contribution >= 0.6 is 12.4 Å². The fraction of sp³-hybridized carbons (Fsp3) is 0.500. The molecule has 0 bridgehead atoms. The molecule has 1 saturated heterocycles. The zero-order valence-corrected chi connectivity index (χ0v) is 8.89. The van der Waals surface area contributed by atoms with Crippen molar-refractivity contribution in [3.05, 3.63) is 30.1 Å². The van der Waals surface area contributed by atoms with Gasteiger partial charge in [-0.1, -0.05) is 6.07 Å². The van der Waals surface area contributed by atoms with Crippen molar-refractivity contribution < 1.29 is 0 Å². The van der Waals surface area contributed by atoms with Crippen molar-refractivity contribution in [3.8, 4) is 0 Å². The predicted octanol–water partition coefficient (Wildman–Crippen LogP) is 0.607. The Morgan fingerprint density at radius 3 is 3.00 bits per heavy atom. The monoisotopic (exact) mass is 213 g/mol. The second-order valence-electron chi connectivity index (χ2n) is 3.42. The molecule has 0 saturated carbocycles. The highest BCUT2D eigenvalue weighted by atomic mass is 35.5. The maximum absolute atomic E-state index is 4.10. The lowest BCUT2D eigenvalue weighted by Gasteiger charge is -2.24. The van der Waals surface area contributed by atoms with Crippen LogP contribution < -0.4 is 10.6 Å². The van der Waals surface area contributed by atoms with Gasteiger partial charge in [-0.3, -0.25) is 4.98 Å². The quantitative estimate of drug-likeness (QED) is 0.756. The minimum Gasteiger partial charge on any atom is -0.314 e. The SMILES string of the molecule is Cl.c1cncc(CC2CNCCN2)c1. The van der Waals surface area contributed by atoms with Crippen LogP contribution in [0.3, 0.4) is 0 Å². The molecule has 1 aliphatic heterocycles. The third kappa shape index (κ3) is 3.25. The molecular formula is C10H16ClN3. The van der Waals surface area contributed by atoms with Crippen LogP contribution in [0.5, 0.6) is 0 Å². The van der Waals surface area contributed by atoms with E-state index in [2.05, 4.69) is 21.7 Å². The van der Waals surface area contributed by atoms with Gasteiger partial charge in [-0.25, -0.2) is 0 Å². The number of hydrogen-bond acceptors (Lipinski definition) is 3. The minimum absolute atomic E-state index is 0. The van der Waals surface area contributed by atoms with E-state index >= 15 is 0 Å². The highest BCUT2D eigenvalue weighted by Crippen LogP contribution is 2.01. The fourth-order valence-corrected chi connectivity index (χ4v) is 1.66. The summed E-state index contributed by atoms with van der Waals surface area (Å²) in [5, 5.41) is 6.85. The molecule has 1 fully saturated rings. The molecule has 0 aliphatic carbocycles. The maximum atomic E-state index is 4.10. The summed E-state index contributed by atoms with van der Waals surface area (Å²) >= 11 is 0. The highest BCUT2D eigenvalue weighted by Gasteiger charge is 2.11. The Morgan fingerprint density at radius 1 is 1.43 bits per heavy atom. The maximum Gasteiger partial charge on any atom is 0.0300 e. The molecule has 3 nitrogen and oxygen atoms in total. The van der Waals surface area contributed by atoms with Gasteiger partial charge in [0.1, 0.15) is 0 Å². The molecule has 1 atom stereocenters. The van der Waals surface area contributed by atoms with E-state index in [1.54, 1.807) is 0 Å². The average molecular weight is 214 g/mol. The molecule has 1 aliphatic rings. The molecule has 0 radical (unpaired) electrons. The molecule has 78 valence electrons. The van der Waals surface area contributed by atoms with E-state index in [1.165, 1.54) is 5.56 Å². The molecule has 0 aromatic carbocycles. The van der Waals surface area contributed by atoms with E-state index < -0.39 is 0 Å². The van der Waals surface area contributed by atoms with Gasteiger partial charge in [0.25, 0.3) is 0 Å². The number of aromatic nitrogens is 1. The second-order valence-corrected chi connectivity index (χ2v) is 3.42. The first-order valence-corrected chi connectivity index (χ1v) is 4.78. The standard InChI is InChI=1S/C10H15N3.ClH/c1-2-9(7-11-3-1)6-10-8-12-4-5-13-10;/h1-3,7,10,12-13H,4-6,8H2;1H. The molecule has 2 rings (SSSR count). The summed E-state index contributed by atoms with van der Waals surface area (Å²) in [6.07, 6.45) is 4.83. The van der Waals surface area contributed by atoms with E-state index in [1.807, 2.05) is 18.5 Å². The van der Waals surface area contributed by atoms with Crippen molar-refractivity contribution in [3.63, 3.8) is 0 Å². The summed E-state index contributed by atoms with van der Waals surface area (Å²) in [5.41, 5.74) is 1.31. The molecule has 1 aromatic heterocycles. The number of nitrogens with one attached hydrogen (secondary N) is 2. The first kappa shape index (κ1) is 11.4. The van der Waals surface area contributed by atoms with E-state index in [-0.39, 0.29) is 12.4 Å². The summed E-state index contributed by atoms with van der Waals surface area (Å²) in [4.78, 5) is 4.10. The van der Waals surface area contributed by atoms with Gasteiger partial charge in [0, 0.05) is 38.1 Å². The van der Waals surface area contributed by atoms with Gasteiger partial charge in [0.15, 0.2) is 0 Å². The molecule has 2 heterocycles. The van der Waals surface area contributed by atoms with Crippen molar-refractivity contribution in [1.29, 1.82) is 0 Å². The van der Waals surface area contributed by atoms with Crippen molar-refractivity contribution in [2.24, 2.45) is 0 Å². The molecule has 0 amide bonds. The largest absolute Gasteiger partial charge is 0.314 e. The summed E-state index contributed by atoms with van der Waals surface area (Å²) in [7, 11) is 0. The summed E-state index contributed by atoms with van der Waals surface area (Å²) in [6, 6.07) is 4.69. The van der Waals surface area contributed by atoms with Gasteiger partial charge in [-0.05, 0) is 18.1 Å². The van der Waals surface area contributed by atoms with E-state index in [0.29, 0.717) is 6.04 Å². The Kier molecular flexibility index (Phi) is 4.87. The predicted molar refractivity (Wildman–Crippen MR) is 59.8 cm³/mol. The lowest BCUT2D eigenvalue weighted by atomic mass is 10.1. The van der Waals surface area contributed by atoms with Crippen LogP contribution in [-0.2, 0) is 6.42 Å². The topological polar surface area (TPSA) is 37.0 Å². The normalized spacial score (nSPS) is 21.3. The second kappa shape index (κ2) is 5.96. The Balaban J connectivity index is 0.000000980. The highest BCUT2D eigenvalue weighted by molar-refractivity contribution is 5.85. The molecular weight excluding hydrogens is 198 g/mol. The number of rotatable bonds is 2. The van der Waals surface area contributed by atoms with Crippen LogP contribution in [0.15, 0.2) is 24.5 Å². The lowest BCUT2D eigenvalue weighted by molar-refractivity contribution is 0.416. The molecule has 0 spiro atoms. The van der Waals surface area contributed by atoms with Gasteiger partial charge in [0.05, 0.1) is 0 Å². The van der Waals surface area contributed by atoms with Crippen LogP contribution in [-0.4, -0.2) is 30.7 Å². The van der Waals surface area contributed by atoms with Crippen LogP contribution in [0.4, 0.5) is 0 Å². The summed E-state index contributed by atoms with van der Waals surface area (Å²) in [6.45, 7) is 3.23. The minimum atomic E-state index is 0. The smallest absolute Gasteiger partial charge is 0.0300 e. The first-order valence-electron chi connectivity index (χ1n) is 4.78. The zero-order valence-electron chi connectivity index (χ0n) is 8.07. The number of halogens is 1. The van der Waals surface area contributed by atoms with Crippen LogP contribution in [0.25, 0.3) is 0 Å². The number of piperazine rings is 1. The first-order chi connectivity index (χ1) is 6.45. The van der Waals surface area contributed by atoms with Gasteiger partial charge in [0.2, 0.25) is 0 Å². The van der Waals surface area contributed by atoms with Gasteiger partial charge in [-0.15, -0.1) is 12.4 Å². The lowest BCUT2D eigenvalue weighted by Crippen LogP contribution is -2.49. The van der Waals surface area contributed by atoms with Crippen molar-refractivity contribution >= 4 is 12.4 Å². The summed E-state index contributed by atoms with van der Waals surface area (Å²) in [5.74, 6) is 0. The third-order valence-corrected chi connectivity index (χ3v) is 2.33. The van der Waals surface area contributed by atoms with Crippen molar-refractivity contribution in [2.45, 2.75) is 12.5 Å². The van der Waals surface area contributed by atoms with Gasteiger partial charge >= 0.3 is 0 Å². The summed E-state index contributed by atoms with van der Waals surface area (Å²) < 4.78 is 0. The van der Waals surface area contributed by atoms with Crippen molar-refractivity contribution in [2.75, 3.05) is 19.6 Å². The fourth-order valence-electron chi connectivity index (χ4n) is 1.66. The Labute approximate surface area is 90.7 Å². The van der Waals surface area contributed by atoms with Crippen LogP contribution in [0, 0.1) is 0 Å². The van der Waals surface area contributed by atoms with Crippen LogP contribution in [0.1, 0.15) is 5.56 Å². The average Bonchev–Trinajstić information content (AvgIpc) is 2.21. The van der Waals surface area contributed by atoms with Crippen molar-refractivity contribution in [1.82, 2.24) is 15.6 Å². The molecule has 14 heavy (non-hydrogen) atoms. The Morgan fingerprint density at radius 2 is 2.36 bits per heavy atom. The zero-order chi connectivity index (χ0) is 8.93. The van der Waals surface area contributed by atoms with E-state index in [4.69, 9.17) is 0 Å². The third-order valence-electron chi connectivity index (χ3n) is 2.33. The number of hydrogen-bond donors (Lipinski definition) is 2. The van der Waals surface area contributed by atoms with E-state index in [9.17, 15) is 0 Å². The molecule has 2 N–H and O–H groups in total. The molecule has 1 unspecified atom stereocenters. The molecule has 4 heteroatoms. The van der Waals surface area contributed by atoms with E-state index in [0.717, 1.165) is 26.1 Å². The Bertz CT molecular complexity index is 247. The van der Waals surface area contributed by atoms with Gasteiger partial charge in [-0.2, -0.15) is 0 Å².